The third-order valence-corrected chi connectivity index (χ3v) is 4.95. The van der Waals surface area contributed by atoms with Gasteiger partial charge in [-0.15, -0.1) is 0 Å². The van der Waals surface area contributed by atoms with Gasteiger partial charge in [-0.1, -0.05) is 30.3 Å². The highest BCUT2D eigenvalue weighted by Gasteiger charge is 2.21. The van der Waals surface area contributed by atoms with Crippen LogP contribution in [0, 0.1) is 5.92 Å². The fourth-order valence-corrected chi connectivity index (χ4v) is 3.62. The van der Waals surface area contributed by atoms with Crippen LogP contribution in [-0.4, -0.2) is 43.9 Å². The molecular formula is C21H27NO3. The highest BCUT2D eigenvalue weighted by atomic mass is 16.5. The second-order valence-corrected chi connectivity index (χ2v) is 6.66. The Morgan fingerprint density at radius 2 is 1.80 bits per heavy atom. The molecule has 1 saturated heterocycles. The molecule has 134 valence electrons. The standard InChI is InChI=1S/C21H27NO3/c1-24-20-11-18(14-22-10-6-7-16(13-22)15-23)19(12-21(20)25-2)17-8-4-3-5-9-17/h3-5,8-9,11-12,16,23H,6-7,10,13-15H2,1-2H3. The van der Waals surface area contributed by atoms with E-state index in [1.807, 2.05) is 6.07 Å². The Labute approximate surface area is 150 Å². The Balaban J connectivity index is 1.95. The van der Waals surface area contributed by atoms with Crippen LogP contribution in [-0.2, 0) is 6.54 Å². The summed E-state index contributed by atoms with van der Waals surface area (Å²) >= 11 is 0. The van der Waals surface area contributed by atoms with Gasteiger partial charge in [-0.3, -0.25) is 4.90 Å². The van der Waals surface area contributed by atoms with Crippen LogP contribution >= 0.6 is 0 Å². The van der Waals surface area contributed by atoms with Crippen LogP contribution in [0.4, 0.5) is 0 Å². The lowest BCUT2D eigenvalue weighted by Gasteiger charge is -2.32. The summed E-state index contributed by atoms with van der Waals surface area (Å²) in [6, 6.07) is 14.5. The lowest BCUT2D eigenvalue weighted by Crippen LogP contribution is -2.36. The van der Waals surface area contributed by atoms with Gasteiger partial charge in [0.05, 0.1) is 14.2 Å². The largest absolute Gasteiger partial charge is 0.493 e. The zero-order chi connectivity index (χ0) is 17.6. The van der Waals surface area contributed by atoms with Crippen molar-refractivity contribution in [3.63, 3.8) is 0 Å². The van der Waals surface area contributed by atoms with Gasteiger partial charge in [0, 0.05) is 19.7 Å². The molecule has 1 atom stereocenters. The number of piperidine rings is 1. The lowest BCUT2D eigenvalue weighted by molar-refractivity contribution is 0.116. The van der Waals surface area contributed by atoms with Gasteiger partial charge in [0.2, 0.25) is 0 Å². The molecule has 0 aromatic heterocycles. The number of benzene rings is 2. The van der Waals surface area contributed by atoms with Crippen molar-refractivity contribution in [1.82, 2.24) is 4.90 Å². The first-order valence-corrected chi connectivity index (χ1v) is 8.88. The van der Waals surface area contributed by atoms with E-state index in [0.717, 1.165) is 44.0 Å². The lowest BCUT2D eigenvalue weighted by atomic mass is 9.95. The van der Waals surface area contributed by atoms with Crippen molar-refractivity contribution in [2.45, 2.75) is 19.4 Å². The molecular weight excluding hydrogens is 314 g/mol. The molecule has 0 amide bonds. The van der Waals surface area contributed by atoms with Crippen LogP contribution in [0.2, 0.25) is 0 Å². The van der Waals surface area contributed by atoms with Crippen molar-refractivity contribution in [1.29, 1.82) is 0 Å². The van der Waals surface area contributed by atoms with Crippen LogP contribution in [0.15, 0.2) is 42.5 Å². The Morgan fingerprint density at radius 1 is 1.08 bits per heavy atom. The number of hydrogen-bond donors (Lipinski definition) is 1. The fourth-order valence-electron chi connectivity index (χ4n) is 3.62. The van der Waals surface area contributed by atoms with Crippen LogP contribution < -0.4 is 9.47 Å². The number of hydrogen-bond acceptors (Lipinski definition) is 4. The minimum Gasteiger partial charge on any atom is -0.493 e. The first-order valence-electron chi connectivity index (χ1n) is 8.88. The zero-order valence-electron chi connectivity index (χ0n) is 15.1. The summed E-state index contributed by atoms with van der Waals surface area (Å²) in [5.74, 6) is 1.89. The first kappa shape index (κ1) is 17.8. The molecule has 0 radical (unpaired) electrons. The Bertz CT molecular complexity index is 687. The van der Waals surface area contributed by atoms with E-state index in [1.165, 1.54) is 16.7 Å². The molecule has 1 aliphatic rings. The molecule has 2 aromatic carbocycles. The molecule has 1 heterocycles. The van der Waals surface area contributed by atoms with Crippen molar-refractivity contribution >= 4 is 0 Å². The molecule has 0 spiro atoms. The number of nitrogens with zero attached hydrogens (tertiary/aromatic N) is 1. The zero-order valence-corrected chi connectivity index (χ0v) is 15.1. The number of aliphatic hydroxyl groups is 1. The van der Waals surface area contributed by atoms with E-state index in [9.17, 15) is 5.11 Å². The van der Waals surface area contributed by atoms with Crippen molar-refractivity contribution < 1.29 is 14.6 Å². The molecule has 0 saturated carbocycles. The number of likely N-dealkylation sites (tertiary alicyclic amines) is 1. The molecule has 1 N–H and O–H groups in total. The van der Waals surface area contributed by atoms with Crippen LogP contribution in [0.3, 0.4) is 0 Å². The average Bonchev–Trinajstić information content (AvgIpc) is 2.68. The van der Waals surface area contributed by atoms with Crippen LogP contribution in [0.5, 0.6) is 11.5 Å². The number of aliphatic hydroxyl groups excluding tert-OH is 1. The Hall–Kier alpha value is -2.04. The number of methoxy groups -OCH3 is 2. The van der Waals surface area contributed by atoms with Gasteiger partial charge in [0.25, 0.3) is 0 Å². The van der Waals surface area contributed by atoms with Crippen LogP contribution in [0.1, 0.15) is 18.4 Å². The topological polar surface area (TPSA) is 41.9 Å². The number of ether oxygens (including phenoxy) is 2. The Morgan fingerprint density at radius 3 is 2.48 bits per heavy atom. The maximum atomic E-state index is 9.49. The summed E-state index contributed by atoms with van der Waals surface area (Å²) in [5, 5.41) is 9.49. The maximum Gasteiger partial charge on any atom is 0.161 e. The van der Waals surface area contributed by atoms with Crippen LogP contribution in [0.25, 0.3) is 11.1 Å². The van der Waals surface area contributed by atoms with Crippen molar-refractivity contribution in [2.75, 3.05) is 33.9 Å². The molecule has 25 heavy (non-hydrogen) atoms. The summed E-state index contributed by atoms with van der Waals surface area (Å²) < 4.78 is 11.0. The van der Waals surface area contributed by atoms with E-state index in [0.29, 0.717) is 5.92 Å². The molecule has 1 fully saturated rings. The van der Waals surface area contributed by atoms with Gasteiger partial charge in [-0.25, -0.2) is 0 Å². The quantitative estimate of drug-likeness (QED) is 0.872. The van der Waals surface area contributed by atoms with E-state index in [4.69, 9.17) is 9.47 Å². The highest BCUT2D eigenvalue weighted by molar-refractivity contribution is 5.71. The monoisotopic (exact) mass is 341 g/mol. The van der Waals surface area contributed by atoms with E-state index in [2.05, 4.69) is 41.3 Å². The van der Waals surface area contributed by atoms with E-state index < -0.39 is 0 Å². The fraction of sp³-hybridized carbons (Fsp3) is 0.429. The predicted molar refractivity (Wildman–Crippen MR) is 100 cm³/mol. The number of rotatable bonds is 6. The molecule has 2 aromatic rings. The molecule has 0 bridgehead atoms. The van der Waals surface area contributed by atoms with Gasteiger partial charge in [0.1, 0.15) is 0 Å². The van der Waals surface area contributed by atoms with Crippen molar-refractivity contribution in [2.24, 2.45) is 5.92 Å². The molecule has 4 heteroatoms. The summed E-state index contributed by atoms with van der Waals surface area (Å²) in [5.41, 5.74) is 3.57. The molecule has 0 aliphatic carbocycles. The summed E-state index contributed by atoms with van der Waals surface area (Å²) in [7, 11) is 3.34. The molecule has 1 aliphatic heterocycles. The summed E-state index contributed by atoms with van der Waals surface area (Å²) in [6.45, 7) is 3.13. The molecule has 3 rings (SSSR count). The second-order valence-electron chi connectivity index (χ2n) is 6.66. The minimum atomic E-state index is 0.272. The van der Waals surface area contributed by atoms with Crippen molar-refractivity contribution in [3.8, 4) is 22.6 Å². The SMILES string of the molecule is COc1cc(CN2CCCC(CO)C2)c(-c2ccccc2)cc1OC. The highest BCUT2D eigenvalue weighted by Crippen LogP contribution is 2.36. The minimum absolute atomic E-state index is 0.272. The third kappa shape index (κ3) is 4.14. The van der Waals surface area contributed by atoms with Gasteiger partial charge in [0.15, 0.2) is 11.5 Å². The predicted octanol–water partition coefficient (Wildman–Crippen LogP) is 3.58. The second kappa shape index (κ2) is 8.37. The summed E-state index contributed by atoms with van der Waals surface area (Å²) in [6.07, 6.45) is 2.25. The van der Waals surface area contributed by atoms with Gasteiger partial charge >= 0.3 is 0 Å². The average molecular weight is 341 g/mol. The normalized spacial score (nSPS) is 18.1. The summed E-state index contributed by atoms with van der Waals surface area (Å²) in [4.78, 5) is 2.43. The molecule has 1 unspecified atom stereocenters. The maximum absolute atomic E-state index is 9.49. The van der Waals surface area contributed by atoms with Crippen molar-refractivity contribution in [3.05, 3.63) is 48.0 Å². The smallest absolute Gasteiger partial charge is 0.161 e. The van der Waals surface area contributed by atoms with E-state index in [1.54, 1.807) is 14.2 Å². The molecule has 4 nitrogen and oxygen atoms in total. The van der Waals surface area contributed by atoms with E-state index in [-0.39, 0.29) is 6.61 Å². The van der Waals surface area contributed by atoms with Gasteiger partial charge < -0.3 is 14.6 Å². The Kier molecular flexibility index (Phi) is 5.95. The van der Waals surface area contributed by atoms with Gasteiger partial charge in [-0.2, -0.15) is 0 Å². The van der Waals surface area contributed by atoms with Gasteiger partial charge in [-0.05, 0) is 54.1 Å². The van der Waals surface area contributed by atoms with E-state index >= 15 is 0 Å². The third-order valence-electron chi connectivity index (χ3n) is 4.95. The first-order chi connectivity index (χ1) is 12.2.